The van der Waals surface area contributed by atoms with Gasteiger partial charge in [0.25, 0.3) is 5.91 Å². The van der Waals surface area contributed by atoms with Crippen molar-refractivity contribution in [2.75, 3.05) is 29.9 Å². The van der Waals surface area contributed by atoms with Gasteiger partial charge in [-0.2, -0.15) is 23.7 Å². The molecule has 10 nitrogen and oxygen atoms in total. The standard InChI is InChI=1S/C32H28F3N9O/c1-19(13-36)15-38-28-11-22(24-8-20(14-37)4-5-23(24)30-41-39-18-42(30)2)12-29(40-28)44-17-26-25(31(44)45)9-21(16-43-6-3-7-43)10-27(26)32(33,34)35/h4-5,8-12,18-19H,3,6-7,15-17H2,1-2H3,(H,38,40)/t19-/m0/s1. The highest BCUT2D eigenvalue weighted by Gasteiger charge is 2.41. The number of alkyl halides is 3. The lowest BCUT2D eigenvalue weighted by atomic mass is 9.97. The molecule has 1 N–H and O–H groups in total. The lowest BCUT2D eigenvalue weighted by molar-refractivity contribution is -0.138. The minimum absolute atomic E-state index is 0.00594. The van der Waals surface area contributed by atoms with Crippen LogP contribution in [0.15, 0.2) is 48.8 Å². The van der Waals surface area contributed by atoms with Gasteiger partial charge >= 0.3 is 6.18 Å². The van der Waals surface area contributed by atoms with E-state index in [1.54, 1.807) is 61.3 Å². The zero-order valence-electron chi connectivity index (χ0n) is 24.6. The van der Waals surface area contributed by atoms with E-state index in [0.717, 1.165) is 25.6 Å². The molecule has 1 atom stereocenters. The molecule has 4 aromatic rings. The van der Waals surface area contributed by atoms with Gasteiger partial charge in [-0.25, -0.2) is 4.98 Å². The topological polar surface area (TPSA) is 127 Å². The number of halogens is 3. The maximum Gasteiger partial charge on any atom is 0.416 e. The summed E-state index contributed by atoms with van der Waals surface area (Å²) in [6.45, 7) is 3.61. The number of carbonyl (C=O) groups is 1. The molecule has 2 aliphatic rings. The molecule has 0 radical (unpaired) electrons. The fourth-order valence-electron chi connectivity index (χ4n) is 5.57. The van der Waals surface area contributed by atoms with Gasteiger partial charge in [0.1, 0.15) is 18.0 Å². The van der Waals surface area contributed by atoms with E-state index < -0.39 is 17.6 Å². The first kappa shape index (κ1) is 29.8. The van der Waals surface area contributed by atoms with Gasteiger partial charge in [-0.15, -0.1) is 10.2 Å². The molecule has 1 saturated heterocycles. The summed E-state index contributed by atoms with van der Waals surface area (Å²) in [7, 11) is 1.78. The third-order valence-corrected chi connectivity index (χ3v) is 8.07. The fraction of sp³-hybridized carbons (Fsp3) is 0.312. The number of aromatic nitrogens is 4. The van der Waals surface area contributed by atoms with Crippen molar-refractivity contribution >= 4 is 17.5 Å². The molecule has 13 heteroatoms. The summed E-state index contributed by atoms with van der Waals surface area (Å²) in [6, 6.07) is 15.4. The molecule has 0 saturated carbocycles. The number of carbonyl (C=O) groups excluding carboxylic acids is 1. The second kappa shape index (κ2) is 11.7. The van der Waals surface area contributed by atoms with Gasteiger partial charge in [0, 0.05) is 31.3 Å². The summed E-state index contributed by atoms with van der Waals surface area (Å²) in [5.41, 5.74) is 1.67. The SMILES string of the molecule is C[C@@H](C#N)CNc1cc(-c2cc(C#N)ccc2-c2nncn2C)cc(N2Cc3c(cc(CN4CCC4)cc3C(F)(F)F)C2=O)n1. The molecule has 0 bridgehead atoms. The molecule has 1 fully saturated rings. The molecule has 2 aromatic carbocycles. The molecule has 0 spiro atoms. The summed E-state index contributed by atoms with van der Waals surface area (Å²) >= 11 is 0. The van der Waals surface area contributed by atoms with Gasteiger partial charge in [0.15, 0.2) is 5.82 Å². The molecule has 45 heavy (non-hydrogen) atoms. The smallest absolute Gasteiger partial charge is 0.369 e. The van der Waals surface area contributed by atoms with E-state index in [1.165, 1.54) is 4.90 Å². The van der Waals surface area contributed by atoms with E-state index in [2.05, 4.69) is 32.6 Å². The van der Waals surface area contributed by atoms with Crippen LogP contribution in [-0.2, 0) is 26.3 Å². The van der Waals surface area contributed by atoms with E-state index in [-0.39, 0.29) is 36.0 Å². The molecule has 0 aliphatic carbocycles. The number of likely N-dealkylation sites (tertiary alicyclic amines) is 1. The minimum atomic E-state index is -4.65. The Morgan fingerprint density at radius 3 is 2.51 bits per heavy atom. The van der Waals surface area contributed by atoms with Crippen LogP contribution in [0, 0.1) is 28.6 Å². The molecular formula is C32H28F3N9O. The molecule has 1 amide bonds. The Bertz CT molecular complexity index is 1880. The van der Waals surface area contributed by atoms with Crippen LogP contribution >= 0.6 is 0 Å². The zero-order chi connectivity index (χ0) is 31.9. The molecular weight excluding hydrogens is 583 g/mol. The molecule has 228 valence electrons. The number of hydrogen-bond donors (Lipinski definition) is 1. The first-order chi connectivity index (χ1) is 21.5. The van der Waals surface area contributed by atoms with Crippen molar-refractivity contribution in [2.45, 2.75) is 32.6 Å². The quantitative estimate of drug-likeness (QED) is 0.282. The summed E-state index contributed by atoms with van der Waals surface area (Å²) in [6.07, 6.45) is -2.12. The van der Waals surface area contributed by atoms with Crippen LogP contribution in [-0.4, -0.2) is 50.2 Å². The highest BCUT2D eigenvalue weighted by atomic mass is 19.4. The first-order valence-electron chi connectivity index (χ1n) is 14.4. The van der Waals surface area contributed by atoms with Crippen molar-refractivity contribution in [2.24, 2.45) is 13.0 Å². The zero-order valence-corrected chi connectivity index (χ0v) is 24.6. The van der Waals surface area contributed by atoms with Gasteiger partial charge < -0.3 is 9.88 Å². The number of fused-ring (bicyclic) bond motifs is 1. The summed E-state index contributed by atoms with van der Waals surface area (Å²) in [4.78, 5) is 21.7. The number of nitrogens with one attached hydrogen (secondary N) is 1. The maximum atomic E-state index is 14.3. The van der Waals surface area contributed by atoms with Crippen LogP contribution in [0.25, 0.3) is 22.5 Å². The number of pyridine rings is 1. The van der Waals surface area contributed by atoms with Crippen molar-refractivity contribution < 1.29 is 18.0 Å². The first-order valence-corrected chi connectivity index (χ1v) is 14.4. The Morgan fingerprint density at radius 1 is 1.07 bits per heavy atom. The number of nitrogens with zero attached hydrogens (tertiary/aromatic N) is 8. The van der Waals surface area contributed by atoms with E-state index >= 15 is 0 Å². The molecule has 2 aliphatic heterocycles. The number of rotatable bonds is 8. The van der Waals surface area contributed by atoms with Crippen LogP contribution in [0.3, 0.4) is 0 Å². The average Bonchev–Trinajstić information content (AvgIpc) is 3.58. The Labute approximate surface area is 257 Å². The van der Waals surface area contributed by atoms with Gasteiger partial charge in [0.2, 0.25) is 0 Å². The lowest BCUT2D eigenvalue weighted by Gasteiger charge is -2.31. The summed E-state index contributed by atoms with van der Waals surface area (Å²) < 4.78 is 44.7. The van der Waals surface area contributed by atoms with Crippen molar-refractivity contribution in [1.29, 1.82) is 10.5 Å². The van der Waals surface area contributed by atoms with Gasteiger partial charge in [-0.3, -0.25) is 14.6 Å². The Balaban J connectivity index is 1.47. The monoisotopic (exact) mass is 611 g/mol. The Kier molecular flexibility index (Phi) is 7.73. The normalized spacial score (nSPS) is 15.3. The number of aryl methyl sites for hydroxylation is 1. The molecule has 6 rings (SSSR count). The second-order valence-corrected chi connectivity index (χ2v) is 11.3. The molecule has 2 aromatic heterocycles. The summed E-state index contributed by atoms with van der Waals surface area (Å²) in [5.74, 6) is 0.0152. The van der Waals surface area contributed by atoms with Crippen LogP contribution in [0.2, 0.25) is 0 Å². The van der Waals surface area contributed by atoms with E-state index in [9.17, 15) is 28.5 Å². The largest absolute Gasteiger partial charge is 0.416 e. The van der Waals surface area contributed by atoms with Gasteiger partial charge in [-0.1, -0.05) is 0 Å². The Hall–Kier alpha value is -5.27. The van der Waals surface area contributed by atoms with E-state index in [0.29, 0.717) is 46.0 Å². The number of nitriles is 2. The van der Waals surface area contributed by atoms with Gasteiger partial charge in [0.05, 0.1) is 35.7 Å². The fourth-order valence-corrected chi connectivity index (χ4v) is 5.57. The van der Waals surface area contributed by atoms with Crippen molar-refractivity contribution in [3.8, 4) is 34.7 Å². The molecule has 4 heterocycles. The molecule has 0 unspecified atom stereocenters. The summed E-state index contributed by atoms with van der Waals surface area (Å²) in [5, 5.41) is 30.3. The van der Waals surface area contributed by atoms with Gasteiger partial charge in [-0.05, 0) is 91.2 Å². The maximum absolute atomic E-state index is 14.3. The van der Waals surface area contributed by atoms with E-state index in [1.807, 2.05) is 4.90 Å². The second-order valence-electron chi connectivity index (χ2n) is 11.3. The predicted octanol–water partition coefficient (Wildman–Crippen LogP) is 5.37. The lowest BCUT2D eigenvalue weighted by Crippen LogP contribution is -2.36. The number of amides is 1. The third kappa shape index (κ3) is 5.82. The third-order valence-electron chi connectivity index (χ3n) is 8.07. The van der Waals surface area contributed by atoms with E-state index in [4.69, 9.17) is 0 Å². The van der Waals surface area contributed by atoms with Crippen molar-refractivity contribution in [3.63, 3.8) is 0 Å². The van der Waals surface area contributed by atoms with Crippen LogP contribution in [0.1, 0.15) is 46.0 Å². The van der Waals surface area contributed by atoms with Crippen molar-refractivity contribution in [1.82, 2.24) is 24.6 Å². The van der Waals surface area contributed by atoms with Crippen LogP contribution in [0.4, 0.5) is 24.8 Å². The Morgan fingerprint density at radius 2 is 1.87 bits per heavy atom. The number of hydrogen-bond acceptors (Lipinski definition) is 8. The highest BCUT2D eigenvalue weighted by molar-refractivity contribution is 6.10. The van der Waals surface area contributed by atoms with Crippen LogP contribution < -0.4 is 10.2 Å². The van der Waals surface area contributed by atoms with Crippen LogP contribution in [0.5, 0.6) is 0 Å². The predicted molar refractivity (Wildman–Crippen MR) is 160 cm³/mol. The number of benzene rings is 2. The minimum Gasteiger partial charge on any atom is -0.369 e. The average molecular weight is 612 g/mol. The van der Waals surface area contributed by atoms with Crippen molar-refractivity contribution in [3.05, 3.63) is 76.6 Å². The highest BCUT2D eigenvalue weighted by Crippen LogP contribution is 2.41. The number of anilines is 2.